The van der Waals surface area contributed by atoms with Gasteiger partial charge in [0.05, 0.1) is 6.54 Å². The van der Waals surface area contributed by atoms with Gasteiger partial charge in [0, 0.05) is 17.1 Å². The van der Waals surface area contributed by atoms with Gasteiger partial charge in [-0.1, -0.05) is 54.6 Å². The Kier molecular flexibility index (Phi) is 4.14. The maximum absolute atomic E-state index is 2.42. The fourth-order valence-corrected chi connectivity index (χ4v) is 2.99. The third-order valence-corrected chi connectivity index (χ3v) is 4.13. The zero-order chi connectivity index (χ0) is 13.6. The molecule has 0 radical (unpaired) electrons. The highest BCUT2D eigenvalue weighted by atomic mass is 32.1. The minimum absolute atomic E-state index is 0.933. The van der Waals surface area contributed by atoms with Crippen molar-refractivity contribution in [1.29, 1.82) is 0 Å². The molecule has 0 atom stereocenters. The van der Waals surface area contributed by atoms with Gasteiger partial charge in [-0.15, -0.1) is 11.3 Å². The van der Waals surface area contributed by atoms with Crippen LogP contribution in [0.1, 0.15) is 10.4 Å². The molecule has 2 aromatic carbocycles. The van der Waals surface area contributed by atoms with E-state index in [9.17, 15) is 0 Å². The van der Waals surface area contributed by atoms with Gasteiger partial charge in [0.1, 0.15) is 0 Å². The first-order valence-electron chi connectivity index (χ1n) is 6.78. The molecular weight excluding hydrogens is 262 g/mol. The molecule has 0 fully saturated rings. The predicted octanol–water partition coefficient (Wildman–Crippen LogP) is 4.95. The molecule has 3 rings (SSSR count). The topological polar surface area (TPSA) is 3.24 Å². The second kappa shape index (κ2) is 6.40. The van der Waals surface area contributed by atoms with E-state index in [2.05, 4.69) is 83.1 Å². The van der Waals surface area contributed by atoms with Gasteiger partial charge in [-0.3, -0.25) is 0 Å². The number of hydrogen-bond donors (Lipinski definition) is 0. The number of thiophene rings is 1. The highest BCUT2D eigenvalue weighted by Gasteiger charge is 2.08. The highest BCUT2D eigenvalue weighted by Crippen LogP contribution is 2.21. The van der Waals surface area contributed by atoms with E-state index < -0.39 is 0 Å². The van der Waals surface area contributed by atoms with Crippen LogP contribution in [0.25, 0.3) is 0 Å². The van der Waals surface area contributed by atoms with Crippen LogP contribution in [0.5, 0.6) is 0 Å². The molecule has 0 unspecified atom stereocenters. The number of rotatable bonds is 5. The van der Waals surface area contributed by atoms with Crippen molar-refractivity contribution in [3.8, 4) is 0 Å². The molecule has 0 aliphatic carbocycles. The number of hydrogen-bond acceptors (Lipinski definition) is 2. The number of para-hydroxylation sites is 1. The van der Waals surface area contributed by atoms with Gasteiger partial charge in [-0.2, -0.15) is 0 Å². The zero-order valence-electron chi connectivity index (χ0n) is 11.3. The Balaban J connectivity index is 1.83. The molecule has 0 amide bonds. The Bertz CT molecular complexity index is 617. The molecule has 100 valence electrons. The molecule has 1 aromatic heterocycles. The first-order chi connectivity index (χ1) is 9.92. The van der Waals surface area contributed by atoms with Gasteiger partial charge in [-0.25, -0.2) is 0 Å². The molecule has 0 saturated carbocycles. The lowest BCUT2D eigenvalue weighted by atomic mass is 10.2. The summed E-state index contributed by atoms with van der Waals surface area (Å²) in [5.74, 6) is 0. The monoisotopic (exact) mass is 279 g/mol. The quantitative estimate of drug-likeness (QED) is 0.638. The molecule has 2 heteroatoms. The lowest BCUT2D eigenvalue weighted by molar-refractivity contribution is 0.809. The molecule has 1 heterocycles. The summed E-state index contributed by atoms with van der Waals surface area (Å²) < 4.78 is 0. The first-order valence-corrected chi connectivity index (χ1v) is 7.66. The average Bonchev–Trinajstić information content (AvgIpc) is 3.02. The summed E-state index contributed by atoms with van der Waals surface area (Å²) in [6.45, 7) is 1.89. The van der Waals surface area contributed by atoms with E-state index in [1.807, 2.05) is 11.3 Å². The summed E-state index contributed by atoms with van der Waals surface area (Å²) in [4.78, 5) is 3.81. The second-order valence-corrected chi connectivity index (χ2v) is 5.79. The van der Waals surface area contributed by atoms with Crippen LogP contribution in [0.2, 0.25) is 0 Å². The van der Waals surface area contributed by atoms with Crippen molar-refractivity contribution in [3.63, 3.8) is 0 Å². The van der Waals surface area contributed by atoms with Crippen LogP contribution in [-0.2, 0) is 13.1 Å². The van der Waals surface area contributed by atoms with Gasteiger partial charge in [-0.05, 0) is 29.1 Å². The lowest BCUT2D eigenvalue weighted by Gasteiger charge is -2.24. The normalized spacial score (nSPS) is 10.4. The molecule has 1 nitrogen and oxygen atoms in total. The number of anilines is 1. The van der Waals surface area contributed by atoms with Crippen molar-refractivity contribution in [2.24, 2.45) is 0 Å². The third-order valence-electron chi connectivity index (χ3n) is 3.26. The van der Waals surface area contributed by atoms with E-state index >= 15 is 0 Å². The smallest absolute Gasteiger partial charge is 0.0526 e. The highest BCUT2D eigenvalue weighted by molar-refractivity contribution is 7.09. The Labute approximate surface area is 124 Å². The maximum atomic E-state index is 2.42. The van der Waals surface area contributed by atoms with Crippen molar-refractivity contribution in [2.45, 2.75) is 13.1 Å². The Morgan fingerprint density at radius 3 is 2.05 bits per heavy atom. The molecular formula is C18H17NS. The van der Waals surface area contributed by atoms with Crippen LogP contribution in [0.3, 0.4) is 0 Å². The largest absolute Gasteiger partial charge is 0.362 e. The van der Waals surface area contributed by atoms with Crippen LogP contribution in [0, 0.1) is 0 Å². The van der Waals surface area contributed by atoms with E-state index in [0.29, 0.717) is 0 Å². The maximum Gasteiger partial charge on any atom is 0.0526 e. The molecule has 3 aromatic rings. The van der Waals surface area contributed by atoms with Crippen molar-refractivity contribution in [2.75, 3.05) is 4.90 Å². The van der Waals surface area contributed by atoms with Crippen molar-refractivity contribution in [1.82, 2.24) is 0 Å². The minimum Gasteiger partial charge on any atom is -0.362 e. The standard InChI is InChI=1S/C18H17NS/c1-3-8-16(9-4-1)14-19(15-18-12-7-13-20-18)17-10-5-2-6-11-17/h1-13H,14-15H2. The molecule has 0 aliphatic heterocycles. The van der Waals surface area contributed by atoms with Crippen molar-refractivity contribution < 1.29 is 0 Å². The molecule has 0 aliphatic rings. The SMILES string of the molecule is c1ccc(CN(Cc2cccs2)c2ccccc2)cc1. The van der Waals surface area contributed by atoms with Crippen LogP contribution in [0.4, 0.5) is 5.69 Å². The van der Waals surface area contributed by atoms with Crippen LogP contribution in [0.15, 0.2) is 78.2 Å². The Hall–Kier alpha value is -2.06. The van der Waals surface area contributed by atoms with E-state index in [1.165, 1.54) is 16.1 Å². The van der Waals surface area contributed by atoms with Crippen LogP contribution in [-0.4, -0.2) is 0 Å². The van der Waals surface area contributed by atoms with E-state index in [0.717, 1.165) is 13.1 Å². The summed E-state index contributed by atoms with van der Waals surface area (Å²) in [7, 11) is 0. The van der Waals surface area contributed by atoms with E-state index in [1.54, 1.807) is 0 Å². The van der Waals surface area contributed by atoms with Gasteiger partial charge in [0.2, 0.25) is 0 Å². The molecule has 20 heavy (non-hydrogen) atoms. The fraction of sp³-hybridized carbons (Fsp3) is 0.111. The summed E-state index contributed by atoms with van der Waals surface area (Å²) in [5, 5.41) is 2.14. The van der Waals surface area contributed by atoms with E-state index in [-0.39, 0.29) is 0 Å². The first kappa shape index (κ1) is 12.9. The summed E-state index contributed by atoms with van der Waals surface area (Å²) in [6, 6.07) is 25.6. The van der Waals surface area contributed by atoms with Crippen molar-refractivity contribution in [3.05, 3.63) is 88.6 Å². The summed E-state index contributed by atoms with van der Waals surface area (Å²) in [5.41, 5.74) is 2.61. The van der Waals surface area contributed by atoms with Crippen molar-refractivity contribution >= 4 is 17.0 Å². The minimum atomic E-state index is 0.933. The Morgan fingerprint density at radius 1 is 0.700 bits per heavy atom. The molecule has 0 bridgehead atoms. The lowest BCUT2D eigenvalue weighted by Crippen LogP contribution is -2.21. The number of nitrogens with zero attached hydrogens (tertiary/aromatic N) is 1. The van der Waals surface area contributed by atoms with Gasteiger partial charge >= 0.3 is 0 Å². The van der Waals surface area contributed by atoms with Crippen LogP contribution < -0.4 is 4.90 Å². The van der Waals surface area contributed by atoms with Gasteiger partial charge < -0.3 is 4.90 Å². The number of benzene rings is 2. The molecule has 0 saturated heterocycles. The summed E-state index contributed by atoms with van der Waals surface area (Å²) in [6.07, 6.45) is 0. The Morgan fingerprint density at radius 2 is 1.40 bits per heavy atom. The summed E-state index contributed by atoms with van der Waals surface area (Å²) >= 11 is 1.81. The van der Waals surface area contributed by atoms with Crippen LogP contribution >= 0.6 is 11.3 Å². The van der Waals surface area contributed by atoms with Gasteiger partial charge in [0.25, 0.3) is 0 Å². The fourth-order valence-electron chi connectivity index (χ4n) is 2.27. The average molecular weight is 279 g/mol. The molecule has 0 N–H and O–H groups in total. The van der Waals surface area contributed by atoms with E-state index in [4.69, 9.17) is 0 Å². The molecule has 0 spiro atoms. The second-order valence-electron chi connectivity index (χ2n) is 4.76. The van der Waals surface area contributed by atoms with Gasteiger partial charge in [0.15, 0.2) is 0 Å². The predicted molar refractivity (Wildman–Crippen MR) is 87.1 cm³/mol. The zero-order valence-corrected chi connectivity index (χ0v) is 12.1. The third kappa shape index (κ3) is 3.28.